The van der Waals surface area contributed by atoms with Crippen molar-refractivity contribution in [3.05, 3.63) is 58.3 Å². The summed E-state index contributed by atoms with van der Waals surface area (Å²) in [5.74, 6) is 0.575. The van der Waals surface area contributed by atoms with Crippen LogP contribution >= 0.6 is 0 Å². The summed E-state index contributed by atoms with van der Waals surface area (Å²) in [5.41, 5.74) is 1.90. The van der Waals surface area contributed by atoms with Crippen LogP contribution in [0.25, 0.3) is 0 Å². The van der Waals surface area contributed by atoms with Crippen molar-refractivity contribution < 1.29 is 14.5 Å². The molecule has 31 heavy (non-hydrogen) atoms. The molecule has 0 unspecified atom stereocenters. The third-order valence-corrected chi connectivity index (χ3v) is 6.04. The van der Waals surface area contributed by atoms with E-state index in [4.69, 9.17) is 4.74 Å². The lowest BCUT2D eigenvalue weighted by Crippen LogP contribution is -2.61. The SMILES string of the molecule is COCCCNC(=O)[C@@H]1Cc2cc([N+](=O)[O-])ccc2N2CCN(c3ccccn3)C[C@@H]12. The molecule has 1 aromatic heterocycles. The number of non-ortho nitro benzene ring substituents is 1. The van der Waals surface area contributed by atoms with E-state index in [0.717, 1.165) is 36.6 Å². The first-order chi connectivity index (χ1) is 15.1. The van der Waals surface area contributed by atoms with Gasteiger partial charge in [-0.15, -0.1) is 0 Å². The number of benzene rings is 1. The number of nitro groups is 1. The number of carbonyl (C=O) groups is 1. The maximum absolute atomic E-state index is 13.1. The number of hydrogen-bond acceptors (Lipinski definition) is 7. The standard InChI is InChI=1S/C22H27N5O4/c1-31-12-4-9-24-22(28)18-14-16-13-17(27(29)30)6-7-19(16)26-11-10-25(15-20(18)26)21-5-2-3-8-23-21/h2-3,5-8,13,18,20H,4,9-12,14-15H2,1H3,(H,24,28)/t18-,20+/m1/s1. The lowest BCUT2D eigenvalue weighted by Gasteiger charge is -2.49. The van der Waals surface area contributed by atoms with Gasteiger partial charge >= 0.3 is 0 Å². The third-order valence-electron chi connectivity index (χ3n) is 6.04. The highest BCUT2D eigenvalue weighted by atomic mass is 16.6. The van der Waals surface area contributed by atoms with Crippen LogP contribution < -0.4 is 15.1 Å². The Morgan fingerprint density at radius 3 is 2.94 bits per heavy atom. The summed E-state index contributed by atoms with van der Waals surface area (Å²) >= 11 is 0. The van der Waals surface area contributed by atoms with Crippen molar-refractivity contribution in [3.63, 3.8) is 0 Å². The zero-order valence-corrected chi connectivity index (χ0v) is 17.6. The van der Waals surface area contributed by atoms with E-state index in [9.17, 15) is 14.9 Å². The van der Waals surface area contributed by atoms with Crippen molar-refractivity contribution in [1.82, 2.24) is 10.3 Å². The van der Waals surface area contributed by atoms with Crippen molar-refractivity contribution in [3.8, 4) is 0 Å². The van der Waals surface area contributed by atoms with Gasteiger partial charge in [0, 0.05) is 63.9 Å². The number of nitrogens with zero attached hydrogens (tertiary/aromatic N) is 4. The maximum atomic E-state index is 13.1. The fourth-order valence-electron chi connectivity index (χ4n) is 4.53. The summed E-state index contributed by atoms with van der Waals surface area (Å²) < 4.78 is 5.06. The molecule has 0 saturated carbocycles. The monoisotopic (exact) mass is 425 g/mol. The zero-order valence-electron chi connectivity index (χ0n) is 17.6. The molecule has 1 aromatic carbocycles. The van der Waals surface area contributed by atoms with Crippen molar-refractivity contribution >= 4 is 23.1 Å². The minimum absolute atomic E-state index is 0.0221. The first kappa shape index (κ1) is 21.0. The van der Waals surface area contributed by atoms with Gasteiger partial charge in [0.15, 0.2) is 0 Å². The van der Waals surface area contributed by atoms with Crippen LogP contribution in [0.1, 0.15) is 12.0 Å². The summed E-state index contributed by atoms with van der Waals surface area (Å²) in [5, 5.41) is 14.3. The number of amides is 1. The van der Waals surface area contributed by atoms with Crippen LogP contribution in [0.15, 0.2) is 42.6 Å². The highest BCUT2D eigenvalue weighted by molar-refractivity contribution is 5.82. The van der Waals surface area contributed by atoms with E-state index in [-0.39, 0.29) is 28.5 Å². The molecule has 0 radical (unpaired) electrons. The van der Waals surface area contributed by atoms with Crippen LogP contribution in [0.4, 0.5) is 17.2 Å². The quantitative estimate of drug-likeness (QED) is 0.411. The van der Waals surface area contributed by atoms with Crippen LogP contribution in [0.2, 0.25) is 0 Å². The van der Waals surface area contributed by atoms with E-state index in [1.165, 1.54) is 0 Å². The number of ether oxygens (including phenoxy) is 1. The van der Waals surface area contributed by atoms with E-state index in [1.807, 2.05) is 24.3 Å². The van der Waals surface area contributed by atoms with Crippen LogP contribution in [0, 0.1) is 16.0 Å². The summed E-state index contributed by atoms with van der Waals surface area (Å²) in [7, 11) is 1.64. The molecule has 9 nitrogen and oxygen atoms in total. The van der Waals surface area contributed by atoms with Crippen LogP contribution in [0.5, 0.6) is 0 Å². The first-order valence-electron chi connectivity index (χ1n) is 10.5. The van der Waals surface area contributed by atoms with Crippen LogP contribution in [-0.4, -0.2) is 61.8 Å². The molecule has 0 aliphatic carbocycles. The van der Waals surface area contributed by atoms with Gasteiger partial charge in [-0.25, -0.2) is 4.98 Å². The fraction of sp³-hybridized carbons (Fsp3) is 0.455. The highest BCUT2D eigenvalue weighted by Crippen LogP contribution is 2.38. The van der Waals surface area contributed by atoms with Crippen molar-refractivity contribution in [2.75, 3.05) is 49.7 Å². The smallest absolute Gasteiger partial charge is 0.269 e. The predicted octanol–water partition coefficient (Wildman–Crippen LogP) is 2.01. The molecule has 9 heteroatoms. The molecule has 0 spiro atoms. The van der Waals surface area contributed by atoms with E-state index in [1.54, 1.807) is 25.4 Å². The number of piperazine rings is 1. The van der Waals surface area contributed by atoms with Crippen molar-refractivity contribution in [1.29, 1.82) is 0 Å². The molecule has 4 rings (SSSR count). The summed E-state index contributed by atoms with van der Waals surface area (Å²) in [6, 6.07) is 10.8. The second-order valence-corrected chi connectivity index (χ2v) is 7.91. The molecule has 1 amide bonds. The van der Waals surface area contributed by atoms with E-state index in [2.05, 4.69) is 20.1 Å². The predicted molar refractivity (Wildman–Crippen MR) is 117 cm³/mol. The van der Waals surface area contributed by atoms with E-state index in [0.29, 0.717) is 26.1 Å². The largest absolute Gasteiger partial charge is 0.385 e. The lowest BCUT2D eigenvalue weighted by molar-refractivity contribution is -0.384. The number of anilines is 2. The average molecular weight is 425 g/mol. The Morgan fingerprint density at radius 2 is 2.19 bits per heavy atom. The van der Waals surface area contributed by atoms with E-state index < -0.39 is 0 Å². The van der Waals surface area contributed by atoms with Gasteiger partial charge in [-0.2, -0.15) is 0 Å². The molecule has 2 aliphatic heterocycles. The van der Waals surface area contributed by atoms with Gasteiger partial charge in [0.05, 0.1) is 16.9 Å². The molecule has 164 valence electrons. The molecule has 0 bridgehead atoms. The molecule has 2 aromatic rings. The van der Waals surface area contributed by atoms with Gasteiger partial charge in [-0.05, 0) is 36.6 Å². The summed E-state index contributed by atoms with van der Waals surface area (Å²) in [4.78, 5) is 33.0. The highest BCUT2D eigenvalue weighted by Gasteiger charge is 2.42. The topological polar surface area (TPSA) is 101 Å². The zero-order chi connectivity index (χ0) is 21.8. The Hall–Kier alpha value is -3.20. The second-order valence-electron chi connectivity index (χ2n) is 7.91. The molecule has 2 aliphatic rings. The fourth-order valence-corrected chi connectivity index (χ4v) is 4.53. The van der Waals surface area contributed by atoms with Gasteiger partial charge < -0.3 is 19.9 Å². The Labute approximate surface area is 181 Å². The normalized spacial score (nSPS) is 20.0. The number of aromatic nitrogens is 1. The van der Waals surface area contributed by atoms with Gasteiger partial charge in [0.2, 0.25) is 5.91 Å². The number of rotatable bonds is 7. The van der Waals surface area contributed by atoms with Crippen molar-refractivity contribution in [2.24, 2.45) is 5.92 Å². The minimum Gasteiger partial charge on any atom is -0.385 e. The lowest BCUT2D eigenvalue weighted by atomic mass is 9.83. The molecule has 1 fully saturated rings. The van der Waals surface area contributed by atoms with Gasteiger partial charge in [0.1, 0.15) is 5.82 Å². The Morgan fingerprint density at radius 1 is 1.32 bits per heavy atom. The molecule has 1 N–H and O–H groups in total. The molecule has 2 atom stereocenters. The number of methoxy groups -OCH3 is 1. The Balaban J connectivity index is 1.60. The molecular weight excluding hydrogens is 398 g/mol. The Bertz CT molecular complexity index is 939. The molecule has 1 saturated heterocycles. The number of nitro benzene ring substituents is 1. The summed E-state index contributed by atoms with van der Waals surface area (Å²) in [6.45, 7) is 3.29. The average Bonchev–Trinajstić information content (AvgIpc) is 2.81. The first-order valence-corrected chi connectivity index (χ1v) is 10.5. The number of pyridine rings is 1. The van der Waals surface area contributed by atoms with E-state index >= 15 is 0 Å². The van der Waals surface area contributed by atoms with Crippen molar-refractivity contribution in [2.45, 2.75) is 18.9 Å². The number of carbonyl (C=O) groups excluding carboxylic acids is 1. The van der Waals surface area contributed by atoms with Gasteiger partial charge in [-0.3, -0.25) is 14.9 Å². The van der Waals surface area contributed by atoms with Crippen LogP contribution in [-0.2, 0) is 16.0 Å². The molecular formula is C22H27N5O4. The van der Waals surface area contributed by atoms with Gasteiger partial charge in [0.25, 0.3) is 5.69 Å². The minimum atomic E-state index is -0.384. The number of fused-ring (bicyclic) bond motifs is 3. The van der Waals surface area contributed by atoms with Gasteiger partial charge in [-0.1, -0.05) is 6.07 Å². The Kier molecular flexibility index (Phi) is 6.31. The number of hydrogen-bond donors (Lipinski definition) is 1. The summed E-state index contributed by atoms with van der Waals surface area (Å²) in [6.07, 6.45) is 2.99. The maximum Gasteiger partial charge on any atom is 0.269 e. The van der Waals surface area contributed by atoms with Crippen LogP contribution in [0.3, 0.4) is 0 Å². The number of nitrogens with one attached hydrogen (secondary N) is 1. The third kappa shape index (κ3) is 4.46. The second kappa shape index (κ2) is 9.30. The molecule has 3 heterocycles.